The summed E-state index contributed by atoms with van der Waals surface area (Å²) in [6.45, 7) is 1.79. The van der Waals surface area contributed by atoms with Crippen molar-refractivity contribution in [3.63, 3.8) is 0 Å². The molecular weight excluding hydrogens is 345 g/mol. The summed E-state index contributed by atoms with van der Waals surface area (Å²) in [5.74, 6) is -0.761. The van der Waals surface area contributed by atoms with Crippen LogP contribution in [0.3, 0.4) is 0 Å². The minimum absolute atomic E-state index is 0.199. The molecule has 6 heteroatoms. The summed E-state index contributed by atoms with van der Waals surface area (Å²) in [5.41, 5.74) is 1.41. The fraction of sp³-hybridized carbons (Fsp3) is 0.333. The molecule has 0 saturated carbocycles. The second-order valence-electron chi connectivity index (χ2n) is 6.59. The molecule has 0 aliphatic rings. The summed E-state index contributed by atoms with van der Waals surface area (Å²) < 4.78 is 13.6. The van der Waals surface area contributed by atoms with Gasteiger partial charge in [-0.05, 0) is 63.3 Å². The van der Waals surface area contributed by atoms with Crippen molar-refractivity contribution in [3.05, 3.63) is 71.0 Å². The smallest absolute Gasteiger partial charge is 0.251 e. The number of benzene rings is 2. The van der Waals surface area contributed by atoms with E-state index in [-0.39, 0.29) is 17.6 Å². The van der Waals surface area contributed by atoms with Gasteiger partial charge in [0.2, 0.25) is 0 Å². The first kappa shape index (κ1) is 20.6. The Morgan fingerprint density at radius 2 is 1.56 bits per heavy atom. The summed E-state index contributed by atoms with van der Waals surface area (Å²) in [6, 6.07) is 13.1. The van der Waals surface area contributed by atoms with Crippen LogP contribution in [0.2, 0.25) is 0 Å². The SMILES string of the molecule is CN(C)CCCNC(=O)c1cccc(C(=O)NCCc2ccccc2F)c1. The third-order valence-electron chi connectivity index (χ3n) is 4.09. The van der Waals surface area contributed by atoms with E-state index in [1.54, 1.807) is 42.5 Å². The molecule has 2 amide bonds. The highest BCUT2D eigenvalue weighted by Gasteiger charge is 2.10. The van der Waals surface area contributed by atoms with E-state index in [0.29, 0.717) is 36.2 Å². The quantitative estimate of drug-likeness (QED) is 0.666. The highest BCUT2D eigenvalue weighted by atomic mass is 19.1. The Morgan fingerprint density at radius 3 is 2.19 bits per heavy atom. The maximum Gasteiger partial charge on any atom is 0.251 e. The molecule has 0 aromatic heterocycles. The summed E-state index contributed by atoms with van der Waals surface area (Å²) >= 11 is 0. The molecule has 2 aromatic carbocycles. The highest BCUT2D eigenvalue weighted by Crippen LogP contribution is 2.08. The Morgan fingerprint density at radius 1 is 0.926 bits per heavy atom. The van der Waals surface area contributed by atoms with Crippen LogP contribution in [0.25, 0.3) is 0 Å². The van der Waals surface area contributed by atoms with Gasteiger partial charge in [-0.3, -0.25) is 9.59 Å². The summed E-state index contributed by atoms with van der Waals surface area (Å²) in [5, 5.41) is 5.62. The van der Waals surface area contributed by atoms with Crippen molar-refractivity contribution in [3.8, 4) is 0 Å². The van der Waals surface area contributed by atoms with Gasteiger partial charge in [0.1, 0.15) is 5.82 Å². The predicted molar refractivity (Wildman–Crippen MR) is 104 cm³/mol. The number of hydrogen-bond donors (Lipinski definition) is 2. The minimum Gasteiger partial charge on any atom is -0.352 e. The molecule has 0 radical (unpaired) electrons. The van der Waals surface area contributed by atoms with E-state index in [4.69, 9.17) is 0 Å². The van der Waals surface area contributed by atoms with E-state index in [2.05, 4.69) is 15.5 Å². The molecule has 2 rings (SSSR count). The normalized spacial score (nSPS) is 10.7. The summed E-state index contributed by atoms with van der Waals surface area (Å²) in [6.07, 6.45) is 1.26. The first-order chi connectivity index (χ1) is 13.0. The van der Waals surface area contributed by atoms with E-state index >= 15 is 0 Å². The number of amides is 2. The zero-order chi connectivity index (χ0) is 19.6. The van der Waals surface area contributed by atoms with Gasteiger partial charge in [0.05, 0.1) is 0 Å². The van der Waals surface area contributed by atoms with Crippen molar-refractivity contribution in [2.75, 3.05) is 33.7 Å². The van der Waals surface area contributed by atoms with Crippen molar-refractivity contribution < 1.29 is 14.0 Å². The van der Waals surface area contributed by atoms with Crippen molar-refractivity contribution in [1.82, 2.24) is 15.5 Å². The second kappa shape index (κ2) is 10.4. The van der Waals surface area contributed by atoms with Crippen molar-refractivity contribution in [2.45, 2.75) is 12.8 Å². The lowest BCUT2D eigenvalue weighted by atomic mass is 10.1. The van der Waals surface area contributed by atoms with Crippen LogP contribution in [0.5, 0.6) is 0 Å². The summed E-state index contributed by atoms with van der Waals surface area (Å²) in [7, 11) is 3.96. The lowest BCUT2D eigenvalue weighted by molar-refractivity contribution is 0.0952. The van der Waals surface area contributed by atoms with Gasteiger partial charge in [-0.1, -0.05) is 24.3 Å². The monoisotopic (exact) mass is 371 g/mol. The van der Waals surface area contributed by atoms with E-state index in [0.717, 1.165) is 13.0 Å². The molecule has 0 bridgehead atoms. The lowest BCUT2D eigenvalue weighted by Crippen LogP contribution is -2.28. The summed E-state index contributed by atoms with van der Waals surface area (Å²) in [4.78, 5) is 26.5. The molecule has 0 aliphatic carbocycles. The maximum atomic E-state index is 13.6. The van der Waals surface area contributed by atoms with Crippen LogP contribution in [-0.4, -0.2) is 50.4 Å². The largest absolute Gasteiger partial charge is 0.352 e. The van der Waals surface area contributed by atoms with Crippen molar-refractivity contribution in [2.24, 2.45) is 0 Å². The van der Waals surface area contributed by atoms with Crippen LogP contribution in [0.1, 0.15) is 32.7 Å². The van der Waals surface area contributed by atoms with E-state index in [9.17, 15) is 14.0 Å². The fourth-order valence-electron chi connectivity index (χ4n) is 2.61. The molecule has 5 nitrogen and oxygen atoms in total. The Labute approximate surface area is 159 Å². The molecule has 0 heterocycles. The number of halogens is 1. The first-order valence-corrected chi connectivity index (χ1v) is 9.02. The Balaban J connectivity index is 1.85. The number of hydrogen-bond acceptors (Lipinski definition) is 3. The molecule has 0 atom stereocenters. The molecule has 0 aliphatic heterocycles. The molecule has 27 heavy (non-hydrogen) atoms. The van der Waals surface area contributed by atoms with Crippen LogP contribution in [0.15, 0.2) is 48.5 Å². The van der Waals surface area contributed by atoms with Gasteiger partial charge in [-0.25, -0.2) is 4.39 Å². The number of carbonyl (C=O) groups is 2. The van der Waals surface area contributed by atoms with Crippen LogP contribution in [-0.2, 0) is 6.42 Å². The molecule has 0 unspecified atom stereocenters. The average Bonchev–Trinajstić information content (AvgIpc) is 2.66. The van der Waals surface area contributed by atoms with Gasteiger partial charge in [0.25, 0.3) is 11.8 Å². The van der Waals surface area contributed by atoms with E-state index in [1.807, 2.05) is 14.1 Å². The Hall–Kier alpha value is -2.73. The Kier molecular flexibility index (Phi) is 7.95. The van der Waals surface area contributed by atoms with Gasteiger partial charge in [-0.2, -0.15) is 0 Å². The molecule has 2 N–H and O–H groups in total. The number of nitrogens with zero attached hydrogens (tertiary/aromatic N) is 1. The van der Waals surface area contributed by atoms with Crippen LogP contribution < -0.4 is 10.6 Å². The molecule has 0 fully saturated rings. The first-order valence-electron chi connectivity index (χ1n) is 9.02. The molecule has 144 valence electrons. The third-order valence-corrected chi connectivity index (χ3v) is 4.09. The van der Waals surface area contributed by atoms with Gasteiger partial charge in [-0.15, -0.1) is 0 Å². The standard InChI is InChI=1S/C21H26FN3O2/c1-25(2)14-6-12-23-20(26)17-8-5-9-18(15-17)21(27)24-13-11-16-7-3-4-10-19(16)22/h3-5,7-10,15H,6,11-14H2,1-2H3,(H,23,26)(H,24,27). The van der Waals surface area contributed by atoms with E-state index < -0.39 is 0 Å². The number of rotatable bonds is 9. The van der Waals surface area contributed by atoms with Crippen LogP contribution >= 0.6 is 0 Å². The van der Waals surface area contributed by atoms with Crippen LogP contribution in [0.4, 0.5) is 4.39 Å². The molecule has 0 saturated heterocycles. The number of nitrogens with one attached hydrogen (secondary N) is 2. The van der Waals surface area contributed by atoms with E-state index in [1.165, 1.54) is 6.07 Å². The lowest BCUT2D eigenvalue weighted by Gasteiger charge is -2.10. The second-order valence-corrected chi connectivity index (χ2v) is 6.59. The molecule has 2 aromatic rings. The van der Waals surface area contributed by atoms with Gasteiger partial charge in [0.15, 0.2) is 0 Å². The van der Waals surface area contributed by atoms with Gasteiger partial charge < -0.3 is 15.5 Å². The predicted octanol–water partition coefficient (Wildman–Crippen LogP) is 2.48. The fourth-order valence-corrected chi connectivity index (χ4v) is 2.61. The number of carbonyl (C=O) groups excluding carboxylic acids is 2. The molecule has 0 spiro atoms. The highest BCUT2D eigenvalue weighted by molar-refractivity contribution is 5.99. The van der Waals surface area contributed by atoms with Gasteiger partial charge >= 0.3 is 0 Å². The Bertz CT molecular complexity index is 778. The zero-order valence-corrected chi connectivity index (χ0v) is 15.8. The zero-order valence-electron chi connectivity index (χ0n) is 15.8. The molecular formula is C21H26FN3O2. The van der Waals surface area contributed by atoms with Crippen molar-refractivity contribution >= 4 is 11.8 Å². The average molecular weight is 371 g/mol. The minimum atomic E-state index is -0.284. The van der Waals surface area contributed by atoms with Crippen molar-refractivity contribution in [1.29, 1.82) is 0 Å². The van der Waals surface area contributed by atoms with Crippen LogP contribution in [0, 0.1) is 5.82 Å². The third kappa shape index (κ3) is 6.83. The maximum absolute atomic E-state index is 13.6. The van der Waals surface area contributed by atoms with Gasteiger partial charge in [0, 0.05) is 24.2 Å². The topological polar surface area (TPSA) is 61.4 Å².